The number of hydrogen-bond donors (Lipinski definition) is 2. The molecule has 3 rings (SSSR count). The lowest BCUT2D eigenvalue weighted by Crippen LogP contribution is -2.44. The van der Waals surface area contributed by atoms with Gasteiger partial charge in [-0.25, -0.2) is 4.98 Å². The molecule has 22 heavy (non-hydrogen) atoms. The topological polar surface area (TPSA) is 54.4 Å². The largest absolute Gasteiger partial charge is 0.389 e. The van der Waals surface area contributed by atoms with Gasteiger partial charge in [-0.05, 0) is 24.3 Å². The zero-order chi connectivity index (χ0) is 15.3. The molecule has 1 fully saturated rings. The Morgan fingerprint density at radius 1 is 1.32 bits per heavy atom. The first-order chi connectivity index (χ1) is 10.8. The maximum absolute atomic E-state index is 10.1. The van der Waals surface area contributed by atoms with Crippen LogP contribution >= 0.6 is 22.7 Å². The standard InChI is InChI=1S/C16H22N2O2S2/c19-13(11-20-12-14-4-3-8-21-14)10-18-16(5-1-2-6-16)15-17-7-9-22-15/h3-4,7-9,13,18-19H,1-2,5-6,10-12H2. The lowest BCUT2D eigenvalue weighted by Gasteiger charge is -2.29. The number of aliphatic hydroxyl groups is 1. The van der Waals surface area contributed by atoms with Gasteiger partial charge in [-0.2, -0.15) is 0 Å². The highest BCUT2D eigenvalue weighted by molar-refractivity contribution is 7.10. The average molecular weight is 338 g/mol. The highest BCUT2D eigenvalue weighted by Gasteiger charge is 2.37. The van der Waals surface area contributed by atoms with Crippen molar-refractivity contribution in [1.82, 2.24) is 10.3 Å². The molecule has 4 nitrogen and oxygen atoms in total. The van der Waals surface area contributed by atoms with Gasteiger partial charge in [0.15, 0.2) is 0 Å². The van der Waals surface area contributed by atoms with E-state index < -0.39 is 6.10 Å². The van der Waals surface area contributed by atoms with Gasteiger partial charge < -0.3 is 15.2 Å². The van der Waals surface area contributed by atoms with Gasteiger partial charge in [0.05, 0.1) is 24.9 Å². The number of nitrogens with one attached hydrogen (secondary N) is 1. The van der Waals surface area contributed by atoms with Crippen LogP contribution in [0.25, 0.3) is 0 Å². The zero-order valence-corrected chi connectivity index (χ0v) is 14.2. The summed E-state index contributed by atoms with van der Waals surface area (Å²) in [7, 11) is 0. The van der Waals surface area contributed by atoms with E-state index in [2.05, 4.69) is 10.3 Å². The Balaban J connectivity index is 1.46. The molecule has 2 N–H and O–H groups in total. The third-order valence-electron chi connectivity index (χ3n) is 4.11. The smallest absolute Gasteiger partial charge is 0.113 e. The Morgan fingerprint density at radius 3 is 2.86 bits per heavy atom. The maximum atomic E-state index is 10.1. The van der Waals surface area contributed by atoms with E-state index in [4.69, 9.17) is 4.74 Å². The summed E-state index contributed by atoms with van der Waals surface area (Å²) in [6.45, 7) is 1.48. The highest BCUT2D eigenvalue weighted by atomic mass is 32.1. The van der Waals surface area contributed by atoms with E-state index in [0.29, 0.717) is 19.8 Å². The SMILES string of the molecule is OC(CNC1(c2nccs2)CCCC1)COCc1cccs1. The molecular weight excluding hydrogens is 316 g/mol. The van der Waals surface area contributed by atoms with E-state index >= 15 is 0 Å². The van der Waals surface area contributed by atoms with Crippen molar-refractivity contribution >= 4 is 22.7 Å². The minimum Gasteiger partial charge on any atom is -0.389 e. The van der Waals surface area contributed by atoms with Crippen molar-refractivity contribution < 1.29 is 9.84 Å². The third kappa shape index (κ3) is 3.94. The van der Waals surface area contributed by atoms with Crippen LogP contribution in [0.15, 0.2) is 29.1 Å². The van der Waals surface area contributed by atoms with Crippen molar-refractivity contribution in [1.29, 1.82) is 0 Å². The second-order valence-corrected chi connectivity index (χ2v) is 7.68. The summed E-state index contributed by atoms with van der Waals surface area (Å²) in [6.07, 6.45) is 6.02. The van der Waals surface area contributed by atoms with Gasteiger partial charge in [-0.1, -0.05) is 18.9 Å². The molecule has 1 atom stereocenters. The fourth-order valence-corrected chi connectivity index (χ4v) is 4.48. The van der Waals surface area contributed by atoms with Gasteiger partial charge in [0.25, 0.3) is 0 Å². The van der Waals surface area contributed by atoms with Crippen LogP contribution in [0.3, 0.4) is 0 Å². The summed E-state index contributed by atoms with van der Waals surface area (Å²) in [5.41, 5.74) is -0.0388. The van der Waals surface area contributed by atoms with Crippen LogP contribution < -0.4 is 5.32 Å². The quantitative estimate of drug-likeness (QED) is 0.776. The molecule has 120 valence electrons. The molecule has 2 aromatic heterocycles. The first-order valence-corrected chi connectivity index (χ1v) is 9.48. The Labute approximate surface area is 139 Å². The van der Waals surface area contributed by atoms with Crippen LogP contribution in [0.4, 0.5) is 0 Å². The van der Waals surface area contributed by atoms with Gasteiger partial charge in [0.2, 0.25) is 0 Å². The summed E-state index contributed by atoms with van der Waals surface area (Å²) >= 11 is 3.38. The van der Waals surface area contributed by atoms with E-state index in [1.54, 1.807) is 22.7 Å². The first-order valence-electron chi connectivity index (χ1n) is 7.72. The van der Waals surface area contributed by atoms with Crippen LogP contribution in [0.2, 0.25) is 0 Å². The molecule has 1 aliphatic carbocycles. The summed E-state index contributed by atoms with van der Waals surface area (Å²) in [6, 6.07) is 4.06. The number of aliphatic hydroxyl groups excluding tert-OH is 1. The van der Waals surface area contributed by atoms with Crippen molar-refractivity contribution in [2.24, 2.45) is 0 Å². The average Bonchev–Trinajstić information content (AvgIpc) is 3.26. The predicted octanol–water partition coefficient (Wildman–Crippen LogP) is 3.14. The van der Waals surface area contributed by atoms with Crippen molar-refractivity contribution in [3.05, 3.63) is 39.0 Å². The molecule has 0 bridgehead atoms. The van der Waals surface area contributed by atoms with Crippen LogP contribution in [0.1, 0.15) is 35.6 Å². The second-order valence-electron chi connectivity index (χ2n) is 5.76. The van der Waals surface area contributed by atoms with Gasteiger partial charge in [0, 0.05) is 23.0 Å². The predicted molar refractivity (Wildman–Crippen MR) is 90.2 cm³/mol. The number of aromatic nitrogens is 1. The van der Waals surface area contributed by atoms with Gasteiger partial charge in [-0.3, -0.25) is 0 Å². The minimum absolute atomic E-state index is 0.0388. The first kappa shape index (κ1) is 16.1. The summed E-state index contributed by atoms with van der Waals surface area (Å²) in [4.78, 5) is 5.68. The number of hydrogen-bond acceptors (Lipinski definition) is 6. The summed E-state index contributed by atoms with van der Waals surface area (Å²) in [5.74, 6) is 0. The third-order valence-corrected chi connectivity index (χ3v) is 5.94. The molecule has 0 radical (unpaired) electrons. The van der Waals surface area contributed by atoms with Crippen LogP contribution in [0, 0.1) is 0 Å². The monoisotopic (exact) mass is 338 g/mol. The Morgan fingerprint density at radius 2 is 2.18 bits per heavy atom. The molecule has 1 unspecified atom stereocenters. The molecular formula is C16H22N2O2S2. The van der Waals surface area contributed by atoms with Crippen LogP contribution in [0.5, 0.6) is 0 Å². The molecule has 0 saturated heterocycles. The van der Waals surface area contributed by atoms with Crippen molar-refractivity contribution in [2.45, 2.75) is 43.9 Å². The van der Waals surface area contributed by atoms with Crippen molar-refractivity contribution in [3.63, 3.8) is 0 Å². The van der Waals surface area contributed by atoms with E-state index in [9.17, 15) is 5.11 Å². The number of thiophene rings is 1. The molecule has 0 aliphatic heterocycles. The normalized spacial score (nSPS) is 18.6. The molecule has 2 aromatic rings. The van der Waals surface area contributed by atoms with E-state index in [0.717, 1.165) is 17.8 Å². The molecule has 0 aromatic carbocycles. The summed E-state index contributed by atoms with van der Waals surface area (Å²) in [5, 5.41) is 18.9. The fraction of sp³-hybridized carbons (Fsp3) is 0.562. The number of thiazole rings is 1. The number of ether oxygens (including phenoxy) is 1. The Kier molecular flexibility index (Phi) is 5.60. The van der Waals surface area contributed by atoms with Gasteiger partial charge >= 0.3 is 0 Å². The van der Waals surface area contributed by atoms with Crippen molar-refractivity contribution in [3.8, 4) is 0 Å². The van der Waals surface area contributed by atoms with Gasteiger partial charge in [0.1, 0.15) is 5.01 Å². The summed E-state index contributed by atoms with van der Waals surface area (Å²) < 4.78 is 5.59. The number of nitrogens with zero attached hydrogens (tertiary/aromatic N) is 1. The highest BCUT2D eigenvalue weighted by Crippen LogP contribution is 2.39. The molecule has 0 amide bonds. The lowest BCUT2D eigenvalue weighted by molar-refractivity contribution is 0.0256. The second kappa shape index (κ2) is 7.66. The van der Waals surface area contributed by atoms with Crippen LogP contribution in [-0.2, 0) is 16.9 Å². The number of rotatable bonds is 8. The molecule has 1 saturated carbocycles. The van der Waals surface area contributed by atoms with E-state index in [-0.39, 0.29) is 5.54 Å². The fourth-order valence-electron chi connectivity index (χ4n) is 2.97. The molecule has 1 aliphatic rings. The molecule has 2 heterocycles. The van der Waals surface area contributed by atoms with E-state index in [1.165, 1.54) is 17.7 Å². The minimum atomic E-state index is -0.489. The lowest BCUT2D eigenvalue weighted by atomic mass is 9.98. The maximum Gasteiger partial charge on any atom is 0.113 e. The Hall–Kier alpha value is -0.790. The van der Waals surface area contributed by atoms with Crippen molar-refractivity contribution in [2.75, 3.05) is 13.2 Å². The zero-order valence-electron chi connectivity index (χ0n) is 12.5. The van der Waals surface area contributed by atoms with Gasteiger partial charge in [-0.15, -0.1) is 22.7 Å². The molecule has 0 spiro atoms. The van der Waals surface area contributed by atoms with Crippen LogP contribution in [-0.4, -0.2) is 29.3 Å². The molecule has 6 heteroatoms. The Bertz CT molecular complexity index is 537. The van der Waals surface area contributed by atoms with E-state index in [1.807, 2.05) is 29.1 Å².